The molecule has 22 heavy (non-hydrogen) atoms. The van der Waals surface area contributed by atoms with Gasteiger partial charge in [-0.15, -0.1) is 0 Å². The molecule has 1 N–H and O–H groups in total. The summed E-state index contributed by atoms with van der Waals surface area (Å²) in [5, 5.41) is 6.58. The Balaban J connectivity index is 1.47. The molecule has 7 heteroatoms. The van der Waals surface area contributed by atoms with Gasteiger partial charge in [-0.05, 0) is 37.1 Å². The van der Waals surface area contributed by atoms with Crippen LogP contribution in [0.5, 0.6) is 0 Å². The Morgan fingerprint density at radius 3 is 2.68 bits per heavy atom. The zero-order valence-corrected chi connectivity index (χ0v) is 12.0. The second-order valence-corrected chi connectivity index (χ2v) is 5.37. The Hall–Kier alpha value is -2.28. The third-order valence-corrected chi connectivity index (χ3v) is 3.80. The number of halogens is 1. The van der Waals surface area contributed by atoms with E-state index in [2.05, 4.69) is 20.4 Å². The number of nitrogens with zero attached hydrogens (tertiary/aromatic N) is 3. The Kier molecular flexibility index (Phi) is 4.43. The van der Waals surface area contributed by atoms with E-state index in [-0.39, 0.29) is 17.8 Å². The first-order valence-corrected chi connectivity index (χ1v) is 7.25. The van der Waals surface area contributed by atoms with Crippen molar-refractivity contribution >= 4 is 5.91 Å². The van der Waals surface area contributed by atoms with Gasteiger partial charge in [0.2, 0.25) is 5.89 Å². The molecule has 1 aromatic heterocycles. The molecule has 1 fully saturated rings. The Morgan fingerprint density at radius 1 is 1.32 bits per heavy atom. The van der Waals surface area contributed by atoms with E-state index in [1.54, 1.807) is 0 Å². The van der Waals surface area contributed by atoms with Gasteiger partial charge in [-0.1, -0.05) is 5.16 Å². The molecule has 0 radical (unpaired) electrons. The predicted octanol–water partition coefficient (Wildman–Crippen LogP) is 1.60. The largest absolute Gasteiger partial charge is 0.349 e. The van der Waals surface area contributed by atoms with E-state index in [0.717, 1.165) is 25.9 Å². The van der Waals surface area contributed by atoms with Gasteiger partial charge in [0.1, 0.15) is 5.82 Å². The fraction of sp³-hybridized carbons (Fsp3) is 0.400. The average Bonchev–Trinajstić information content (AvgIpc) is 3.03. The molecular formula is C15H17FN4O2. The number of hydrogen-bond acceptors (Lipinski definition) is 5. The normalized spacial score (nSPS) is 16.6. The number of carbonyl (C=O) groups is 1. The van der Waals surface area contributed by atoms with E-state index in [4.69, 9.17) is 4.52 Å². The Morgan fingerprint density at radius 2 is 2.05 bits per heavy atom. The van der Waals surface area contributed by atoms with Crippen LogP contribution in [0.15, 0.2) is 35.1 Å². The third-order valence-electron chi connectivity index (χ3n) is 3.80. The monoisotopic (exact) mass is 304 g/mol. The molecular weight excluding hydrogens is 287 g/mol. The van der Waals surface area contributed by atoms with E-state index in [9.17, 15) is 9.18 Å². The van der Waals surface area contributed by atoms with Gasteiger partial charge in [0.15, 0.2) is 6.33 Å². The number of amides is 1. The van der Waals surface area contributed by atoms with Gasteiger partial charge in [-0.2, -0.15) is 4.98 Å². The van der Waals surface area contributed by atoms with Crippen molar-refractivity contribution in [2.45, 2.75) is 25.4 Å². The molecule has 0 unspecified atom stereocenters. The predicted molar refractivity (Wildman–Crippen MR) is 76.5 cm³/mol. The first-order chi connectivity index (χ1) is 10.7. The molecule has 0 saturated carbocycles. The second kappa shape index (κ2) is 6.65. The number of carbonyl (C=O) groups excluding carboxylic acids is 1. The summed E-state index contributed by atoms with van der Waals surface area (Å²) in [5.41, 5.74) is 0.481. The molecule has 0 spiro atoms. The lowest BCUT2D eigenvalue weighted by molar-refractivity contribution is 0.0904. The maximum atomic E-state index is 12.9. The van der Waals surface area contributed by atoms with Crippen molar-refractivity contribution < 1.29 is 13.7 Å². The molecule has 1 saturated heterocycles. The van der Waals surface area contributed by atoms with Crippen molar-refractivity contribution in [1.29, 1.82) is 0 Å². The molecule has 1 aliphatic rings. The molecule has 0 bridgehead atoms. The number of likely N-dealkylation sites (tertiary alicyclic amines) is 1. The molecule has 1 amide bonds. The van der Waals surface area contributed by atoms with Crippen LogP contribution in [0.3, 0.4) is 0 Å². The van der Waals surface area contributed by atoms with Gasteiger partial charge in [-0.25, -0.2) is 4.39 Å². The number of hydrogen-bond donors (Lipinski definition) is 1. The van der Waals surface area contributed by atoms with Gasteiger partial charge in [0, 0.05) is 24.7 Å². The van der Waals surface area contributed by atoms with Crippen LogP contribution in [0.25, 0.3) is 0 Å². The van der Waals surface area contributed by atoms with E-state index in [1.807, 2.05) is 0 Å². The van der Waals surface area contributed by atoms with Crippen molar-refractivity contribution in [2.24, 2.45) is 0 Å². The van der Waals surface area contributed by atoms with Gasteiger partial charge >= 0.3 is 0 Å². The lowest BCUT2D eigenvalue weighted by Gasteiger charge is -2.31. The average molecular weight is 304 g/mol. The van der Waals surface area contributed by atoms with Crippen molar-refractivity contribution in [2.75, 3.05) is 13.1 Å². The summed E-state index contributed by atoms with van der Waals surface area (Å²) in [7, 11) is 0. The second-order valence-electron chi connectivity index (χ2n) is 5.37. The minimum Gasteiger partial charge on any atom is -0.349 e. The van der Waals surface area contributed by atoms with Crippen LogP contribution in [0.4, 0.5) is 4.39 Å². The summed E-state index contributed by atoms with van der Waals surface area (Å²) >= 11 is 0. The van der Waals surface area contributed by atoms with E-state index in [1.165, 1.54) is 30.6 Å². The zero-order chi connectivity index (χ0) is 15.4. The summed E-state index contributed by atoms with van der Waals surface area (Å²) in [5.74, 6) is 0.107. The molecule has 3 rings (SSSR count). The van der Waals surface area contributed by atoms with Crippen molar-refractivity contribution in [3.8, 4) is 0 Å². The molecule has 2 heterocycles. The SMILES string of the molecule is O=C(NC1CCN(Cc2ncno2)CC1)c1ccc(F)cc1. The highest BCUT2D eigenvalue weighted by Crippen LogP contribution is 2.13. The Labute approximate surface area is 127 Å². The van der Waals surface area contributed by atoms with Crippen LogP contribution >= 0.6 is 0 Å². The Bertz CT molecular complexity index is 607. The fourth-order valence-corrected chi connectivity index (χ4v) is 2.56. The maximum absolute atomic E-state index is 12.9. The number of benzene rings is 1. The fourth-order valence-electron chi connectivity index (χ4n) is 2.56. The molecule has 1 aliphatic heterocycles. The number of aromatic nitrogens is 2. The lowest BCUT2D eigenvalue weighted by Crippen LogP contribution is -2.44. The molecule has 0 aliphatic carbocycles. The van der Waals surface area contributed by atoms with Crippen LogP contribution in [0.1, 0.15) is 29.1 Å². The smallest absolute Gasteiger partial charge is 0.251 e. The van der Waals surface area contributed by atoms with Crippen LogP contribution in [0, 0.1) is 5.82 Å². The molecule has 116 valence electrons. The van der Waals surface area contributed by atoms with Crippen LogP contribution in [0.2, 0.25) is 0 Å². The maximum Gasteiger partial charge on any atom is 0.251 e. The number of rotatable bonds is 4. The first kappa shape index (κ1) is 14.6. The quantitative estimate of drug-likeness (QED) is 0.929. The van der Waals surface area contributed by atoms with E-state index in [0.29, 0.717) is 18.0 Å². The zero-order valence-electron chi connectivity index (χ0n) is 12.0. The minimum absolute atomic E-state index is 0.136. The van der Waals surface area contributed by atoms with Gasteiger partial charge < -0.3 is 9.84 Å². The highest BCUT2D eigenvalue weighted by molar-refractivity contribution is 5.94. The van der Waals surface area contributed by atoms with Gasteiger partial charge in [0.05, 0.1) is 6.54 Å². The highest BCUT2D eigenvalue weighted by atomic mass is 19.1. The van der Waals surface area contributed by atoms with Crippen LogP contribution in [-0.2, 0) is 6.54 Å². The highest BCUT2D eigenvalue weighted by Gasteiger charge is 2.22. The van der Waals surface area contributed by atoms with E-state index >= 15 is 0 Å². The summed E-state index contributed by atoms with van der Waals surface area (Å²) in [6.45, 7) is 2.35. The van der Waals surface area contributed by atoms with Crippen LogP contribution in [-0.4, -0.2) is 40.1 Å². The van der Waals surface area contributed by atoms with Gasteiger partial charge in [-0.3, -0.25) is 9.69 Å². The molecule has 0 atom stereocenters. The lowest BCUT2D eigenvalue weighted by atomic mass is 10.0. The number of piperidine rings is 1. The topological polar surface area (TPSA) is 71.3 Å². The minimum atomic E-state index is -0.342. The summed E-state index contributed by atoms with van der Waals surface area (Å²) in [4.78, 5) is 18.3. The van der Waals surface area contributed by atoms with Crippen molar-refractivity contribution in [3.05, 3.63) is 47.9 Å². The van der Waals surface area contributed by atoms with Crippen molar-refractivity contribution in [3.63, 3.8) is 0 Å². The summed E-state index contributed by atoms with van der Waals surface area (Å²) < 4.78 is 17.8. The molecule has 2 aromatic rings. The molecule has 6 nitrogen and oxygen atoms in total. The van der Waals surface area contributed by atoms with Crippen LogP contribution < -0.4 is 5.32 Å². The summed E-state index contributed by atoms with van der Waals surface area (Å²) in [6, 6.07) is 5.71. The standard InChI is InChI=1S/C15H17FN4O2/c16-12-3-1-11(2-4-12)15(21)19-13-5-7-20(8-6-13)9-14-17-10-18-22-14/h1-4,10,13H,5-9H2,(H,19,21). The summed E-state index contributed by atoms with van der Waals surface area (Å²) in [6.07, 6.45) is 3.12. The molecule has 1 aromatic carbocycles. The first-order valence-electron chi connectivity index (χ1n) is 7.25. The van der Waals surface area contributed by atoms with Gasteiger partial charge in [0.25, 0.3) is 5.91 Å². The van der Waals surface area contributed by atoms with E-state index < -0.39 is 0 Å². The van der Waals surface area contributed by atoms with Crippen molar-refractivity contribution in [1.82, 2.24) is 20.4 Å². The third kappa shape index (κ3) is 3.67. The number of nitrogens with one attached hydrogen (secondary N) is 1.